The molecule has 4 heterocycles. The van der Waals surface area contributed by atoms with Crippen LogP contribution in [0.1, 0.15) is 29.8 Å². The molecular formula is C16H22N2O3S2. The van der Waals surface area contributed by atoms with Crippen LogP contribution in [0.2, 0.25) is 0 Å². The van der Waals surface area contributed by atoms with E-state index in [9.17, 15) is 4.79 Å². The number of hydrogen-bond acceptors (Lipinski definition) is 6. The van der Waals surface area contributed by atoms with E-state index in [2.05, 4.69) is 4.98 Å². The molecule has 5 nitrogen and oxygen atoms in total. The fraction of sp³-hybridized carbons (Fsp3) is 0.750. The number of carbonyl (C=O) groups excluding carboxylic acids is 1. The highest BCUT2D eigenvalue weighted by atomic mass is 32.2. The number of rotatable bonds is 4. The van der Waals surface area contributed by atoms with Gasteiger partial charge in [0, 0.05) is 44.0 Å². The third-order valence-electron chi connectivity index (χ3n) is 4.98. The van der Waals surface area contributed by atoms with Gasteiger partial charge in [-0.05, 0) is 25.2 Å². The Morgan fingerprint density at radius 2 is 2.26 bits per heavy atom. The van der Waals surface area contributed by atoms with Gasteiger partial charge in [-0.1, -0.05) is 0 Å². The van der Waals surface area contributed by atoms with Crippen molar-refractivity contribution in [2.24, 2.45) is 5.92 Å². The van der Waals surface area contributed by atoms with E-state index in [4.69, 9.17) is 9.47 Å². The highest BCUT2D eigenvalue weighted by Gasteiger charge is 2.51. The summed E-state index contributed by atoms with van der Waals surface area (Å²) >= 11 is 3.45. The zero-order valence-corrected chi connectivity index (χ0v) is 14.7. The van der Waals surface area contributed by atoms with Crippen molar-refractivity contribution in [3.05, 3.63) is 16.6 Å². The molecule has 4 rings (SSSR count). The fourth-order valence-corrected chi connectivity index (χ4v) is 5.67. The number of nitrogens with zero attached hydrogens (tertiary/aromatic N) is 2. The fourth-order valence-electron chi connectivity index (χ4n) is 3.59. The SMILES string of the molecule is O=C(c1cscn1)N1CC2(C[C@@H](OCC3CCOCC3)CS2)C1. The Morgan fingerprint density at radius 3 is 3.00 bits per heavy atom. The standard InChI is InChI=1S/C16H22N2O3S2/c19-15(14-8-22-11-17-14)18-9-16(10-18)5-13(7-23-16)21-6-12-1-3-20-4-2-12/h8,11-13H,1-7,9-10H2/t13-/m1/s1. The van der Waals surface area contributed by atoms with Gasteiger partial charge in [0.05, 0.1) is 16.4 Å². The van der Waals surface area contributed by atoms with E-state index in [1.165, 1.54) is 11.3 Å². The second-order valence-electron chi connectivity index (χ2n) is 6.74. The van der Waals surface area contributed by atoms with Crippen molar-refractivity contribution >= 4 is 29.0 Å². The summed E-state index contributed by atoms with van der Waals surface area (Å²) in [7, 11) is 0. The maximum atomic E-state index is 12.3. The van der Waals surface area contributed by atoms with Crippen molar-refractivity contribution in [1.29, 1.82) is 0 Å². The average Bonchev–Trinajstić information content (AvgIpc) is 3.22. The van der Waals surface area contributed by atoms with E-state index in [1.807, 2.05) is 22.0 Å². The van der Waals surface area contributed by atoms with Gasteiger partial charge in [0.1, 0.15) is 5.69 Å². The number of hydrogen-bond donors (Lipinski definition) is 0. The number of thioether (sulfide) groups is 1. The molecule has 1 aromatic rings. The third-order valence-corrected chi connectivity index (χ3v) is 7.14. The van der Waals surface area contributed by atoms with Crippen LogP contribution in [0.3, 0.4) is 0 Å². The highest BCUT2D eigenvalue weighted by molar-refractivity contribution is 8.01. The maximum Gasteiger partial charge on any atom is 0.273 e. The highest BCUT2D eigenvalue weighted by Crippen LogP contribution is 2.46. The van der Waals surface area contributed by atoms with Crippen LogP contribution in [-0.4, -0.2) is 65.3 Å². The number of thiazole rings is 1. The number of ether oxygens (including phenoxy) is 2. The van der Waals surface area contributed by atoms with Gasteiger partial charge >= 0.3 is 0 Å². The van der Waals surface area contributed by atoms with Crippen molar-refractivity contribution in [3.63, 3.8) is 0 Å². The quantitative estimate of drug-likeness (QED) is 0.830. The molecule has 0 bridgehead atoms. The zero-order chi connectivity index (χ0) is 15.7. The molecule has 7 heteroatoms. The Kier molecular flexibility index (Phi) is 4.63. The Morgan fingerprint density at radius 1 is 1.43 bits per heavy atom. The van der Waals surface area contributed by atoms with E-state index in [0.717, 1.165) is 57.9 Å². The van der Waals surface area contributed by atoms with Crippen LogP contribution in [0.25, 0.3) is 0 Å². The first kappa shape index (κ1) is 15.9. The molecule has 1 spiro atoms. The molecule has 3 aliphatic rings. The van der Waals surface area contributed by atoms with Crippen molar-refractivity contribution < 1.29 is 14.3 Å². The van der Waals surface area contributed by atoms with Gasteiger partial charge < -0.3 is 14.4 Å². The summed E-state index contributed by atoms with van der Waals surface area (Å²) in [5.74, 6) is 1.79. The van der Waals surface area contributed by atoms with E-state index in [1.54, 1.807) is 5.51 Å². The minimum absolute atomic E-state index is 0.0732. The lowest BCUT2D eigenvalue weighted by Crippen LogP contribution is -2.60. The smallest absolute Gasteiger partial charge is 0.273 e. The average molecular weight is 354 g/mol. The Bertz CT molecular complexity index is 540. The minimum atomic E-state index is 0.0732. The lowest BCUT2D eigenvalue weighted by molar-refractivity contribution is -0.0118. The summed E-state index contributed by atoms with van der Waals surface area (Å²) in [5.41, 5.74) is 2.30. The van der Waals surface area contributed by atoms with Crippen LogP contribution in [0.15, 0.2) is 10.9 Å². The van der Waals surface area contributed by atoms with Crippen molar-refractivity contribution in [2.45, 2.75) is 30.1 Å². The van der Waals surface area contributed by atoms with Crippen LogP contribution in [-0.2, 0) is 9.47 Å². The lowest BCUT2D eigenvalue weighted by atomic mass is 9.92. The van der Waals surface area contributed by atoms with E-state index in [0.29, 0.717) is 17.7 Å². The summed E-state index contributed by atoms with van der Waals surface area (Å²) in [5, 5.41) is 1.83. The topological polar surface area (TPSA) is 51.7 Å². The summed E-state index contributed by atoms with van der Waals surface area (Å²) in [4.78, 5) is 18.3. The van der Waals surface area contributed by atoms with E-state index >= 15 is 0 Å². The molecule has 0 aliphatic carbocycles. The first-order valence-corrected chi connectivity index (χ1v) is 10.2. The molecule has 1 aromatic heterocycles. The molecule has 1 atom stereocenters. The van der Waals surface area contributed by atoms with Crippen molar-refractivity contribution in [2.75, 3.05) is 38.7 Å². The van der Waals surface area contributed by atoms with Crippen LogP contribution >= 0.6 is 23.1 Å². The summed E-state index contributed by atoms with van der Waals surface area (Å²) in [6.45, 7) is 4.30. The normalized spacial score (nSPS) is 27.3. The van der Waals surface area contributed by atoms with Crippen LogP contribution < -0.4 is 0 Å². The minimum Gasteiger partial charge on any atom is -0.381 e. The molecule has 126 valence electrons. The van der Waals surface area contributed by atoms with Gasteiger partial charge in [-0.2, -0.15) is 0 Å². The Hall–Kier alpha value is -0.630. The first-order chi connectivity index (χ1) is 11.2. The molecule has 3 aliphatic heterocycles. The summed E-state index contributed by atoms with van der Waals surface area (Å²) in [6, 6.07) is 0. The third kappa shape index (κ3) is 3.43. The Labute approximate surface area is 144 Å². The van der Waals surface area contributed by atoms with Gasteiger partial charge in [0.2, 0.25) is 0 Å². The second kappa shape index (κ2) is 6.70. The van der Waals surface area contributed by atoms with Crippen LogP contribution in [0.5, 0.6) is 0 Å². The lowest BCUT2D eigenvalue weighted by Gasteiger charge is -2.47. The van der Waals surface area contributed by atoms with Gasteiger partial charge in [-0.15, -0.1) is 23.1 Å². The molecule has 1 amide bonds. The summed E-state index contributed by atoms with van der Waals surface area (Å²) < 4.78 is 11.8. The number of aromatic nitrogens is 1. The number of carbonyl (C=O) groups is 1. The van der Waals surface area contributed by atoms with E-state index in [-0.39, 0.29) is 10.7 Å². The zero-order valence-electron chi connectivity index (χ0n) is 13.1. The molecule has 3 fully saturated rings. The first-order valence-electron chi connectivity index (χ1n) is 8.25. The molecule has 0 unspecified atom stereocenters. The van der Waals surface area contributed by atoms with Crippen LogP contribution in [0, 0.1) is 5.92 Å². The van der Waals surface area contributed by atoms with E-state index < -0.39 is 0 Å². The second-order valence-corrected chi connectivity index (χ2v) is 8.95. The molecule has 0 N–H and O–H groups in total. The molecule has 3 saturated heterocycles. The Balaban J connectivity index is 1.23. The number of amides is 1. The molecule has 0 radical (unpaired) electrons. The van der Waals surface area contributed by atoms with Gasteiger partial charge in [0.25, 0.3) is 5.91 Å². The molecular weight excluding hydrogens is 332 g/mol. The predicted octanol–water partition coefficient (Wildman–Crippen LogP) is 2.29. The largest absolute Gasteiger partial charge is 0.381 e. The van der Waals surface area contributed by atoms with Gasteiger partial charge in [-0.25, -0.2) is 4.98 Å². The number of likely N-dealkylation sites (tertiary alicyclic amines) is 1. The molecule has 0 aromatic carbocycles. The monoisotopic (exact) mass is 354 g/mol. The van der Waals surface area contributed by atoms with Gasteiger partial charge in [0.15, 0.2) is 0 Å². The van der Waals surface area contributed by atoms with Crippen LogP contribution in [0.4, 0.5) is 0 Å². The van der Waals surface area contributed by atoms with Gasteiger partial charge in [-0.3, -0.25) is 4.79 Å². The maximum absolute atomic E-state index is 12.3. The molecule has 0 saturated carbocycles. The predicted molar refractivity (Wildman–Crippen MR) is 91.1 cm³/mol. The van der Waals surface area contributed by atoms with Crippen molar-refractivity contribution in [3.8, 4) is 0 Å². The van der Waals surface area contributed by atoms with Crippen molar-refractivity contribution in [1.82, 2.24) is 9.88 Å². The summed E-state index contributed by atoms with van der Waals surface area (Å²) in [6.07, 6.45) is 3.67. The molecule has 23 heavy (non-hydrogen) atoms.